The predicted molar refractivity (Wildman–Crippen MR) is 78.5 cm³/mol. The second kappa shape index (κ2) is 6.99. The van der Waals surface area contributed by atoms with Crippen LogP contribution >= 0.6 is 0 Å². The van der Waals surface area contributed by atoms with Crippen molar-refractivity contribution in [2.24, 2.45) is 0 Å². The van der Waals surface area contributed by atoms with Crippen LogP contribution in [0.5, 0.6) is 0 Å². The molecule has 1 amide bonds. The highest BCUT2D eigenvalue weighted by atomic mass is 32.2. The number of benzene rings is 1. The third kappa shape index (κ3) is 4.24. The lowest BCUT2D eigenvalue weighted by Crippen LogP contribution is -2.45. The molecule has 1 heterocycles. The second-order valence-corrected chi connectivity index (χ2v) is 6.35. The molecule has 0 saturated carbocycles. The van der Waals surface area contributed by atoms with Crippen LogP contribution in [0.15, 0.2) is 29.2 Å². The number of sulfonamides is 1. The van der Waals surface area contributed by atoms with Gasteiger partial charge in [-0.1, -0.05) is 6.92 Å². The van der Waals surface area contributed by atoms with Crippen molar-refractivity contribution in [2.75, 3.05) is 31.6 Å². The Kier molecular flexibility index (Phi) is 5.29. The maximum Gasteiger partial charge on any atom is 0.254 e. The van der Waals surface area contributed by atoms with Crippen molar-refractivity contribution >= 4 is 21.6 Å². The number of carbonyl (C=O) groups is 1. The van der Waals surface area contributed by atoms with Gasteiger partial charge in [0.15, 0.2) is 0 Å². The number of anilines is 1. The number of rotatable bonds is 5. The Balaban J connectivity index is 2.00. The molecule has 0 bridgehead atoms. The summed E-state index contributed by atoms with van der Waals surface area (Å²) in [6.07, 6.45) is -0.524. The summed E-state index contributed by atoms with van der Waals surface area (Å²) in [5.74, 6) is -0.246. The number of carbonyl (C=O) groups excluding carboxylic acids is 1. The lowest BCUT2D eigenvalue weighted by atomic mass is 10.2. The van der Waals surface area contributed by atoms with Crippen LogP contribution in [0.1, 0.15) is 6.92 Å². The molecule has 0 aromatic heterocycles. The van der Waals surface area contributed by atoms with Crippen molar-refractivity contribution in [3.63, 3.8) is 0 Å². The van der Waals surface area contributed by atoms with E-state index in [2.05, 4.69) is 15.4 Å². The lowest BCUT2D eigenvalue weighted by molar-refractivity contribution is -0.128. The number of ether oxygens (including phenoxy) is 1. The van der Waals surface area contributed by atoms with E-state index in [1.54, 1.807) is 19.1 Å². The largest absolute Gasteiger partial charge is 0.366 e. The van der Waals surface area contributed by atoms with Gasteiger partial charge in [-0.15, -0.1) is 0 Å². The number of amides is 1. The van der Waals surface area contributed by atoms with E-state index in [9.17, 15) is 13.2 Å². The zero-order valence-corrected chi connectivity index (χ0v) is 12.6. The van der Waals surface area contributed by atoms with E-state index < -0.39 is 16.1 Å². The molecule has 1 aliphatic rings. The second-order valence-electron chi connectivity index (χ2n) is 4.58. The highest BCUT2D eigenvalue weighted by molar-refractivity contribution is 7.89. The summed E-state index contributed by atoms with van der Waals surface area (Å²) < 4.78 is 31.3. The molecule has 21 heavy (non-hydrogen) atoms. The lowest BCUT2D eigenvalue weighted by Gasteiger charge is -2.22. The SMILES string of the molecule is CCNS(=O)(=O)c1ccc(NC(=O)C2CNCCO2)cc1. The van der Waals surface area contributed by atoms with Crippen LogP contribution in [0.25, 0.3) is 0 Å². The van der Waals surface area contributed by atoms with Gasteiger partial charge in [-0.2, -0.15) is 0 Å². The van der Waals surface area contributed by atoms with Gasteiger partial charge in [-0.3, -0.25) is 4.79 Å². The Morgan fingerprint density at radius 3 is 2.67 bits per heavy atom. The number of morpholine rings is 1. The third-order valence-electron chi connectivity index (χ3n) is 2.99. The first kappa shape index (κ1) is 15.9. The van der Waals surface area contributed by atoms with Gasteiger partial charge < -0.3 is 15.4 Å². The predicted octanol–water partition coefficient (Wildman–Crippen LogP) is -0.0883. The van der Waals surface area contributed by atoms with Gasteiger partial charge in [0.2, 0.25) is 10.0 Å². The summed E-state index contributed by atoms with van der Waals surface area (Å²) in [4.78, 5) is 12.1. The molecule has 2 rings (SSSR count). The summed E-state index contributed by atoms with van der Waals surface area (Å²) >= 11 is 0. The van der Waals surface area contributed by atoms with Gasteiger partial charge in [-0.25, -0.2) is 13.1 Å². The quantitative estimate of drug-likeness (QED) is 0.706. The molecular weight excluding hydrogens is 294 g/mol. The fourth-order valence-electron chi connectivity index (χ4n) is 1.95. The van der Waals surface area contributed by atoms with Crippen LogP contribution < -0.4 is 15.4 Å². The topological polar surface area (TPSA) is 96.5 Å². The summed E-state index contributed by atoms with van der Waals surface area (Å²) in [7, 11) is -3.47. The molecule has 0 spiro atoms. The minimum Gasteiger partial charge on any atom is -0.366 e. The minimum absolute atomic E-state index is 0.165. The van der Waals surface area contributed by atoms with Gasteiger partial charge in [0, 0.05) is 25.3 Å². The molecular formula is C13H19N3O4S. The van der Waals surface area contributed by atoms with Gasteiger partial charge in [-0.05, 0) is 24.3 Å². The van der Waals surface area contributed by atoms with Crippen LogP contribution in [0, 0.1) is 0 Å². The highest BCUT2D eigenvalue weighted by Crippen LogP contribution is 2.14. The molecule has 1 fully saturated rings. The first-order chi connectivity index (χ1) is 10.0. The normalized spacial score (nSPS) is 19.2. The average molecular weight is 313 g/mol. The molecule has 3 N–H and O–H groups in total. The minimum atomic E-state index is -3.47. The molecule has 1 saturated heterocycles. The van der Waals surface area contributed by atoms with E-state index in [1.807, 2.05) is 0 Å². The molecule has 0 aliphatic carbocycles. The summed E-state index contributed by atoms with van der Waals surface area (Å²) in [6.45, 7) is 3.74. The van der Waals surface area contributed by atoms with E-state index >= 15 is 0 Å². The number of hydrogen-bond donors (Lipinski definition) is 3. The smallest absolute Gasteiger partial charge is 0.254 e. The van der Waals surface area contributed by atoms with E-state index in [0.717, 1.165) is 6.54 Å². The van der Waals surface area contributed by atoms with Crippen LogP contribution in [0.3, 0.4) is 0 Å². The maximum absolute atomic E-state index is 11.9. The van der Waals surface area contributed by atoms with E-state index in [0.29, 0.717) is 25.4 Å². The van der Waals surface area contributed by atoms with Crippen LogP contribution in [0.4, 0.5) is 5.69 Å². The van der Waals surface area contributed by atoms with Gasteiger partial charge in [0.1, 0.15) is 6.10 Å². The Morgan fingerprint density at radius 2 is 2.10 bits per heavy atom. The van der Waals surface area contributed by atoms with Gasteiger partial charge in [0.05, 0.1) is 11.5 Å². The Labute approximate surface area is 124 Å². The van der Waals surface area contributed by atoms with E-state index in [4.69, 9.17) is 4.74 Å². The first-order valence-electron chi connectivity index (χ1n) is 6.76. The third-order valence-corrected chi connectivity index (χ3v) is 4.55. The molecule has 1 aromatic rings. The Morgan fingerprint density at radius 1 is 1.38 bits per heavy atom. The van der Waals surface area contributed by atoms with Crippen molar-refractivity contribution in [2.45, 2.75) is 17.9 Å². The molecule has 0 radical (unpaired) electrons. The van der Waals surface area contributed by atoms with Gasteiger partial charge >= 0.3 is 0 Å². The number of nitrogens with one attached hydrogen (secondary N) is 3. The molecule has 1 unspecified atom stereocenters. The van der Waals surface area contributed by atoms with Crippen molar-refractivity contribution in [1.29, 1.82) is 0 Å². The Bertz CT molecular complexity index is 580. The summed E-state index contributed by atoms with van der Waals surface area (Å²) in [5, 5.41) is 5.77. The van der Waals surface area contributed by atoms with Crippen LogP contribution in [0.2, 0.25) is 0 Å². The summed E-state index contributed by atoms with van der Waals surface area (Å²) in [5.41, 5.74) is 0.532. The van der Waals surface area contributed by atoms with Crippen molar-refractivity contribution in [3.05, 3.63) is 24.3 Å². The van der Waals surface area contributed by atoms with Crippen LogP contribution in [-0.4, -0.2) is 46.7 Å². The van der Waals surface area contributed by atoms with Crippen molar-refractivity contribution in [3.8, 4) is 0 Å². The Hall–Kier alpha value is -1.48. The number of hydrogen-bond acceptors (Lipinski definition) is 5. The molecule has 1 aliphatic heterocycles. The van der Waals surface area contributed by atoms with Gasteiger partial charge in [0.25, 0.3) is 5.91 Å². The van der Waals surface area contributed by atoms with Crippen molar-refractivity contribution < 1.29 is 17.9 Å². The molecule has 116 valence electrons. The zero-order valence-electron chi connectivity index (χ0n) is 11.8. The fraction of sp³-hybridized carbons (Fsp3) is 0.462. The maximum atomic E-state index is 11.9. The van der Waals surface area contributed by atoms with E-state index in [1.165, 1.54) is 12.1 Å². The highest BCUT2D eigenvalue weighted by Gasteiger charge is 2.21. The fourth-order valence-corrected chi connectivity index (χ4v) is 2.99. The van der Waals surface area contributed by atoms with E-state index in [-0.39, 0.29) is 10.8 Å². The van der Waals surface area contributed by atoms with Crippen molar-refractivity contribution in [1.82, 2.24) is 10.0 Å². The van der Waals surface area contributed by atoms with Crippen LogP contribution in [-0.2, 0) is 19.6 Å². The first-order valence-corrected chi connectivity index (χ1v) is 8.24. The summed E-state index contributed by atoms with van der Waals surface area (Å²) in [6, 6.07) is 6.01. The molecule has 1 atom stereocenters. The standard InChI is InChI=1S/C13H19N3O4S/c1-2-15-21(18,19)11-5-3-10(4-6-11)16-13(17)12-9-14-7-8-20-12/h3-6,12,14-15H,2,7-9H2,1H3,(H,16,17). The molecule has 7 nitrogen and oxygen atoms in total. The monoisotopic (exact) mass is 313 g/mol. The average Bonchev–Trinajstić information content (AvgIpc) is 2.48. The molecule has 8 heteroatoms. The molecule has 1 aromatic carbocycles. The zero-order chi connectivity index (χ0) is 15.3.